The summed E-state index contributed by atoms with van der Waals surface area (Å²) in [5.41, 5.74) is 0. The first-order chi connectivity index (χ1) is 7.15. The van der Waals surface area contributed by atoms with Crippen molar-refractivity contribution >= 4 is 20.0 Å². The highest BCUT2D eigenvalue weighted by atomic mass is 32.3. The summed E-state index contributed by atoms with van der Waals surface area (Å²) >= 11 is 0. The molecule has 1 aliphatic heterocycles. The molecule has 0 aliphatic carbocycles. The lowest BCUT2D eigenvalue weighted by Crippen LogP contribution is -2.70. The maximum atomic E-state index is 12.7. The van der Waals surface area contributed by atoms with E-state index >= 15 is 0 Å². The largest absolute Gasteiger partial charge is 0.429 e. The Morgan fingerprint density at radius 2 is 1.00 bits per heavy atom. The smallest absolute Gasteiger partial charge is 0.205 e. The van der Waals surface area contributed by atoms with Gasteiger partial charge in [0.2, 0.25) is 0 Å². The summed E-state index contributed by atoms with van der Waals surface area (Å²) in [6, 6.07) is 0. The predicted octanol–water partition coefficient (Wildman–Crippen LogP) is 0.412. The van der Waals surface area contributed by atoms with Gasteiger partial charge in [0.1, 0.15) is 0 Å². The van der Waals surface area contributed by atoms with Crippen molar-refractivity contribution in [3.8, 4) is 0 Å². The van der Waals surface area contributed by atoms with Crippen molar-refractivity contribution in [2.75, 3.05) is 7.05 Å². The number of rotatable bonds is 0. The zero-order valence-electron chi connectivity index (χ0n) is 7.66. The molecule has 5 nitrogen and oxygen atoms in total. The van der Waals surface area contributed by atoms with Crippen molar-refractivity contribution in [2.45, 2.75) is 16.4 Å². The molecule has 0 aromatic rings. The highest BCUT2D eigenvalue weighted by molar-refractivity contribution is 8.05. The maximum Gasteiger partial charge on any atom is 0.429 e. The van der Waals surface area contributed by atoms with E-state index in [0.717, 1.165) is 0 Å². The van der Waals surface area contributed by atoms with Crippen molar-refractivity contribution in [1.29, 1.82) is 0 Å². The molecule has 102 valence electrons. The molecule has 0 radical (unpaired) electrons. The number of halogens is 6. The minimum atomic E-state index is -6.57. The first kappa shape index (κ1) is 14.5. The lowest BCUT2D eigenvalue weighted by atomic mass is 10.3. The van der Waals surface area contributed by atoms with Gasteiger partial charge in [0.25, 0.3) is 20.0 Å². The molecule has 0 amide bonds. The normalized spacial score (nSPS) is 33.1. The molecule has 0 atom stereocenters. The van der Waals surface area contributed by atoms with E-state index in [0.29, 0.717) is 0 Å². The van der Waals surface area contributed by atoms with Crippen LogP contribution in [0.25, 0.3) is 0 Å². The summed E-state index contributed by atoms with van der Waals surface area (Å²) in [5.74, 6) is -6.57. The molecule has 0 N–H and O–H groups in total. The quantitative estimate of drug-likeness (QED) is 0.608. The Morgan fingerprint density at radius 3 is 1.24 bits per heavy atom. The molecule has 0 aromatic carbocycles. The zero-order valence-corrected chi connectivity index (χ0v) is 9.30. The topological polar surface area (TPSA) is 71.5 Å². The van der Waals surface area contributed by atoms with Crippen LogP contribution >= 0.6 is 0 Å². The van der Waals surface area contributed by atoms with Gasteiger partial charge >= 0.3 is 16.4 Å². The van der Waals surface area contributed by atoms with Crippen LogP contribution in [0.15, 0.2) is 0 Å². The molecule has 1 rings (SSSR count). The summed E-state index contributed by atoms with van der Waals surface area (Å²) in [5, 5.41) is -12.5. The van der Waals surface area contributed by atoms with Crippen LogP contribution in [0.4, 0.5) is 26.3 Å². The van der Waals surface area contributed by atoms with E-state index in [1.807, 2.05) is 0 Å². The molecule has 0 saturated carbocycles. The highest BCUT2D eigenvalue weighted by Gasteiger charge is 2.88. The number of hydrogen-bond donors (Lipinski definition) is 0. The summed E-state index contributed by atoms with van der Waals surface area (Å²) in [6.45, 7) is 0. The number of alkyl halides is 6. The molecule has 17 heavy (non-hydrogen) atoms. The van der Waals surface area contributed by atoms with Gasteiger partial charge in [0, 0.05) is 7.05 Å². The van der Waals surface area contributed by atoms with Gasteiger partial charge in [-0.1, -0.05) is 3.71 Å². The Kier molecular flexibility index (Phi) is 2.61. The van der Waals surface area contributed by atoms with Gasteiger partial charge in [0.15, 0.2) is 0 Å². The summed E-state index contributed by atoms with van der Waals surface area (Å²) < 4.78 is 118. The average Bonchev–Trinajstić information content (AvgIpc) is 2.13. The fourth-order valence-electron chi connectivity index (χ4n) is 0.945. The molecular formula is C4H3F6NO4S2. The van der Waals surface area contributed by atoms with E-state index in [1.54, 1.807) is 0 Å². The lowest BCUT2D eigenvalue weighted by molar-refractivity contribution is -0.249. The van der Waals surface area contributed by atoms with Gasteiger partial charge in [0.05, 0.1) is 0 Å². The van der Waals surface area contributed by atoms with Crippen LogP contribution in [0.1, 0.15) is 0 Å². The van der Waals surface area contributed by atoms with Crippen molar-refractivity contribution in [1.82, 2.24) is 3.71 Å². The van der Waals surface area contributed by atoms with E-state index in [4.69, 9.17) is 0 Å². The van der Waals surface area contributed by atoms with Gasteiger partial charge in [-0.15, -0.1) is 0 Å². The summed E-state index contributed by atoms with van der Waals surface area (Å²) in [4.78, 5) is 0. The second kappa shape index (κ2) is 3.06. The number of hydrogen-bond acceptors (Lipinski definition) is 4. The van der Waals surface area contributed by atoms with Crippen LogP contribution in [0.2, 0.25) is 0 Å². The van der Waals surface area contributed by atoms with Gasteiger partial charge in [-0.2, -0.15) is 26.3 Å². The van der Waals surface area contributed by atoms with Gasteiger partial charge in [-0.3, -0.25) is 0 Å². The summed E-state index contributed by atoms with van der Waals surface area (Å²) in [7, 11) is -13.1. The van der Waals surface area contributed by atoms with Gasteiger partial charge in [-0.25, -0.2) is 16.8 Å². The maximum absolute atomic E-state index is 12.7. The van der Waals surface area contributed by atoms with Crippen LogP contribution in [-0.4, -0.2) is 44.0 Å². The Hall–Kier alpha value is -0.560. The molecule has 1 saturated heterocycles. The standard InChI is InChI=1S/C4H3F6NO4S2/c1-11-16(12,13)3(7,8)2(5,6)4(9,10)17(11,14)15/h1H3. The Balaban J connectivity index is 3.82. The molecule has 0 bridgehead atoms. The van der Waals surface area contributed by atoms with Crippen molar-refractivity contribution in [3.63, 3.8) is 0 Å². The van der Waals surface area contributed by atoms with E-state index in [9.17, 15) is 43.2 Å². The fourth-order valence-corrected chi connectivity index (χ4v) is 4.16. The van der Waals surface area contributed by atoms with Crippen molar-refractivity contribution in [2.24, 2.45) is 0 Å². The Morgan fingerprint density at radius 1 is 0.765 bits per heavy atom. The first-order valence-electron chi connectivity index (χ1n) is 3.52. The van der Waals surface area contributed by atoms with Crippen molar-refractivity contribution < 1.29 is 43.2 Å². The summed E-state index contributed by atoms with van der Waals surface area (Å²) in [6.07, 6.45) is 0. The monoisotopic (exact) mass is 307 g/mol. The first-order valence-corrected chi connectivity index (χ1v) is 6.40. The minimum absolute atomic E-state index is 0.179. The van der Waals surface area contributed by atoms with E-state index in [1.165, 1.54) is 0 Å². The van der Waals surface area contributed by atoms with Crippen LogP contribution in [-0.2, 0) is 20.0 Å². The van der Waals surface area contributed by atoms with Crippen LogP contribution in [0.3, 0.4) is 0 Å². The number of sulfonamides is 2. The molecule has 13 heteroatoms. The van der Waals surface area contributed by atoms with Crippen LogP contribution < -0.4 is 0 Å². The molecule has 0 unspecified atom stereocenters. The van der Waals surface area contributed by atoms with Gasteiger partial charge < -0.3 is 0 Å². The second-order valence-corrected chi connectivity index (χ2v) is 7.25. The predicted molar refractivity (Wildman–Crippen MR) is 40.4 cm³/mol. The molecule has 0 aromatic heterocycles. The molecule has 0 spiro atoms. The fraction of sp³-hybridized carbons (Fsp3) is 1.00. The third-order valence-electron chi connectivity index (χ3n) is 2.06. The van der Waals surface area contributed by atoms with E-state index < -0.39 is 40.2 Å². The highest BCUT2D eigenvalue weighted by Crippen LogP contribution is 2.56. The van der Waals surface area contributed by atoms with Crippen LogP contribution in [0.5, 0.6) is 0 Å². The van der Waals surface area contributed by atoms with Gasteiger partial charge in [-0.05, 0) is 0 Å². The van der Waals surface area contributed by atoms with Crippen LogP contribution in [0, 0.1) is 0 Å². The average molecular weight is 307 g/mol. The zero-order chi connectivity index (χ0) is 14.1. The Bertz CT molecular complexity index is 503. The molecule has 1 aliphatic rings. The SMILES string of the molecule is CN1S(=O)(=O)C(F)(F)C(F)(F)C(F)(F)S1(=O)=O. The number of nitrogens with zero attached hydrogens (tertiary/aromatic N) is 1. The Labute approximate surface area is 91.1 Å². The third kappa shape index (κ3) is 1.24. The molecule has 1 fully saturated rings. The molecule has 1 heterocycles. The minimum Gasteiger partial charge on any atom is -0.205 e. The van der Waals surface area contributed by atoms with E-state index in [2.05, 4.69) is 0 Å². The lowest BCUT2D eigenvalue weighted by Gasteiger charge is -2.39. The van der Waals surface area contributed by atoms with E-state index in [-0.39, 0.29) is 7.05 Å². The second-order valence-electron chi connectivity index (χ2n) is 3.00. The third-order valence-corrected chi connectivity index (χ3v) is 6.40. The van der Waals surface area contributed by atoms with Crippen molar-refractivity contribution in [3.05, 3.63) is 0 Å². The molecular weight excluding hydrogens is 304 g/mol.